The molecule has 0 heterocycles. The first-order chi connectivity index (χ1) is 9.94. The van der Waals surface area contributed by atoms with Gasteiger partial charge in [-0.05, 0) is 5.56 Å². The van der Waals surface area contributed by atoms with Crippen LogP contribution in [0.1, 0.15) is 5.56 Å². The number of nitro benzene ring substituents is 1. The molecule has 13 heteroatoms. The van der Waals surface area contributed by atoms with E-state index >= 15 is 0 Å². The summed E-state index contributed by atoms with van der Waals surface area (Å²) in [6.45, 7) is 0. The van der Waals surface area contributed by atoms with E-state index in [1.165, 1.54) is 12.1 Å². The van der Waals surface area contributed by atoms with E-state index in [0.29, 0.717) is 5.75 Å². The van der Waals surface area contributed by atoms with Gasteiger partial charge in [-0.2, -0.15) is 39.0 Å². The predicted molar refractivity (Wildman–Crippen MR) is 74.2 cm³/mol. The number of non-ortho nitro benzene ring substituents is 1. The van der Waals surface area contributed by atoms with Crippen LogP contribution in [0.25, 0.3) is 0 Å². The fraction of sp³-hybridized carbons (Fsp3) is 0.333. The second kappa shape index (κ2) is 9.37. The summed E-state index contributed by atoms with van der Waals surface area (Å²) < 4.78 is 69.7. The number of nitro groups is 1. The number of halogens is 6. The summed E-state index contributed by atoms with van der Waals surface area (Å²) in [7, 11) is 0. The molecule has 0 saturated heterocycles. The molecule has 0 amide bonds. The summed E-state index contributed by atoms with van der Waals surface area (Å²) in [6.07, 6.45) is 0. The summed E-state index contributed by atoms with van der Waals surface area (Å²) in [6, 6.07) is 6.35. The van der Waals surface area contributed by atoms with Gasteiger partial charge in [-0.15, -0.1) is 0 Å². The van der Waals surface area contributed by atoms with Gasteiger partial charge >= 0.3 is 11.0 Å². The third-order valence-electron chi connectivity index (χ3n) is 1.59. The van der Waals surface area contributed by atoms with Crippen molar-refractivity contribution in [1.82, 2.24) is 0 Å². The van der Waals surface area contributed by atoms with E-state index in [9.17, 15) is 36.5 Å². The largest absolute Gasteiger partial charge is 0.469 e. The summed E-state index contributed by atoms with van der Waals surface area (Å²) in [5.41, 5.74) is -8.51. The zero-order valence-electron chi connectivity index (χ0n) is 10.2. The minimum atomic E-state index is -4.81. The standard InChI is InChI=1S/C7H7NO2S.C2F6OS2/c9-8(10)7-3-1-6(5-11)2-4-7;3-1(4,5)10-9-11-2(6,7)8/h1-4,11H,5H2;. The monoisotopic (exact) mass is 387 g/mol. The van der Waals surface area contributed by atoms with Crippen molar-refractivity contribution < 1.29 is 34.9 Å². The topological polar surface area (TPSA) is 52.4 Å². The van der Waals surface area contributed by atoms with Crippen LogP contribution < -0.4 is 0 Å². The van der Waals surface area contributed by atoms with Crippen LogP contribution in [0.3, 0.4) is 0 Å². The van der Waals surface area contributed by atoms with E-state index in [1.54, 1.807) is 12.1 Å². The van der Waals surface area contributed by atoms with E-state index in [2.05, 4.69) is 16.3 Å². The van der Waals surface area contributed by atoms with Crippen LogP contribution in [-0.2, 0) is 9.38 Å². The van der Waals surface area contributed by atoms with Gasteiger partial charge in [-0.3, -0.25) is 10.1 Å². The van der Waals surface area contributed by atoms with E-state index in [-0.39, 0.29) is 5.69 Å². The molecule has 22 heavy (non-hydrogen) atoms. The van der Waals surface area contributed by atoms with Crippen LogP contribution in [-0.4, -0.2) is 15.9 Å². The Morgan fingerprint density at radius 3 is 1.73 bits per heavy atom. The van der Waals surface area contributed by atoms with E-state index < -0.39 is 40.0 Å². The van der Waals surface area contributed by atoms with Gasteiger partial charge in [0.25, 0.3) is 5.69 Å². The molecule has 0 aliphatic carbocycles. The smallest absolute Gasteiger partial charge is 0.258 e. The highest BCUT2D eigenvalue weighted by Gasteiger charge is 2.36. The number of alkyl halides is 6. The van der Waals surface area contributed by atoms with Gasteiger partial charge in [-0.1, -0.05) is 12.1 Å². The van der Waals surface area contributed by atoms with Crippen molar-refractivity contribution in [3.05, 3.63) is 39.9 Å². The van der Waals surface area contributed by atoms with Crippen molar-refractivity contribution in [3.8, 4) is 0 Å². The van der Waals surface area contributed by atoms with Gasteiger partial charge in [0.1, 0.15) is 24.1 Å². The second-order valence-electron chi connectivity index (χ2n) is 3.21. The lowest BCUT2D eigenvalue weighted by molar-refractivity contribution is -0.384. The molecule has 126 valence electrons. The van der Waals surface area contributed by atoms with Crippen LogP contribution in [0.4, 0.5) is 32.0 Å². The van der Waals surface area contributed by atoms with Gasteiger partial charge in [-0.25, -0.2) is 3.63 Å². The van der Waals surface area contributed by atoms with Crippen molar-refractivity contribution >= 4 is 42.4 Å². The molecule has 0 fully saturated rings. The molecule has 0 bridgehead atoms. The SMILES string of the molecule is FC(F)(F)SOSC(F)(F)F.O=[N+]([O-])c1ccc(CS)cc1. The minimum Gasteiger partial charge on any atom is -0.258 e. The fourth-order valence-corrected chi connectivity index (χ4v) is 1.78. The Labute approximate surface area is 134 Å². The number of hydrogen-bond donors (Lipinski definition) is 1. The van der Waals surface area contributed by atoms with Gasteiger partial charge in [0.05, 0.1) is 4.92 Å². The molecule has 0 saturated carbocycles. The first-order valence-corrected chi connectivity index (χ1v) is 7.07. The molecule has 4 nitrogen and oxygen atoms in total. The van der Waals surface area contributed by atoms with Gasteiger partial charge < -0.3 is 0 Å². The molecular formula is C9H7F6NO3S3. The first-order valence-electron chi connectivity index (χ1n) is 4.96. The lowest BCUT2D eigenvalue weighted by Gasteiger charge is -2.05. The van der Waals surface area contributed by atoms with Crippen molar-refractivity contribution in [2.45, 2.75) is 16.8 Å². The minimum absolute atomic E-state index is 0.121. The van der Waals surface area contributed by atoms with Crippen molar-refractivity contribution in [2.75, 3.05) is 0 Å². The Kier molecular flexibility index (Phi) is 9.04. The number of thiol groups is 1. The Bertz CT molecular complexity index is 451. The van der Waals surface area contributed by atoms with Gasteiger partial charge in [0, 0.05) is 17.9 Å². The fourth-order valence-electron chi connectivity index (χ4n) is 0.817. The number of benzene rings is 1. The van der Waals surface area contributed by atoms with E-state index in [0.717, 1.165) is 5.56 Å². The van der Waals surface area contributed by atoms with Crippen LogP contribution in [0.5, 0.6) is 0 Å². The molecule has 1 rings (SSSR count). The van der Waals surface area contributed by atoms with Gasteiger partial charge in [0.2, 0.25) is 0 Å². The first kappa shape index (κ1) is 21.2. The lowest BCUT2D eigenvalue weighted by Crippen LogP contribution is -2.03. The molecule has 1 aromatic rings. The third-order valence-corrected chi connectivity index (χ3v) is 2.87. The summed E-state index contributed by atoms with van der Waals surface area (Å²) in [4.78, 5) is 9.77. The molecule has 0 radical (unpaired) electrons. The highest BCUT2D eigenvalue weighted by Crippen LogP contribution is 2.40. The number of hydrogen-bond acceptors (Lipinski definition) is 6. The van der Waals surface area contributed by atoms with Crippen LogP contribution in [0, 0.1) is 10.1 Å². The Morgan fingerprint density at radius 2 is 1.45 bits per heavy atom. The van der Waals surface area contributed by atoms with Crippen LogP contribution >= 0.6 is 36.7 Å². The Balaban J connectivity index is 0.000000401. The lowest BCUT2D eigenvalue weighted by atomic mass is 10.2. The van der Waals surface area contributed by atoms with Crippen LogP contribution in [0.2, 0.25) is 0 Å². The van der Waals surface area contributed by atoms with Gasteiger partial charge in [0.15, 0.2) is 0 Å². The maximum Gasteiger partial charge on any atom is 0.469 e. The quantitative estimate of drug-likeness (QED) is 0.248. The molecule has 1 aromatic carbocycles. The molecule has 0 aliphatic rings. The third kappa shape index (κ3) is 11.8. The number of nitrogens with zero attached hydrogens (tertiary/aromatic N) is 1. The van der Waals surface area contributed by atoms with Crippen molar-refractivity contribution in [3.63, 3.8) is 0 Å². The van der Waals surface area contributed by atoms with E-state index in [4.69, 9.17) is 0 Å². The predicted octanol–water partition coefficient (Wildman–Crippen LogP) is 5.36. The molecule has 0 N–H and O–H groups in total. The molecule has 0 atom stereocenters. The zero-order valence-corrected chi connectivity index (χ0v) is 12.7. The molecule has 0 aromatic heterocycles. The zero-order chi connectivity index (χ0) is 17.4. The number of rotatable bonds is 4. The van der Waals surface area contributed by atoms with Crippen molar-refractivity contribution in [2.24, 2.45) is 0 Å². The molecule has 0 unspecified atom stereocenters. The molecule has 0 aliphatic heterocycles. The molecular weight excluding hydrogens is 380 g/mol. The Morgan fingerprint density at radius 1 is 1.05 bits per heavy atom. The van der Waals surface area contributed by atoms with Crippen LogP contribution in [0.15, 0.2) is 24.3 Å². The average Bonchev–Trinajstić information content (AvgIpc) is 2.36. The summed E-state index contributed by atoms with van der Waals surface area (Å²) in [5, 5.41) is 10.2. The maximum absolute atomic E-state index is 11.1. The normalized spacial score (nSPS) is 11.6. The molecule has 0 spiro atoms. The summed E-state index contributed by atoms with van der Waals surface area (Å²) in [5.74, 6) is 0.609. The highest BCUT2D eigenvalue weighted by molar-refractivity contribution is 8.08. The van der Waals surface area contributed by atoms with E-state index in [1.807, 2.05) is 0 Å². The van der Waals surface area contributed by atoms with Crippen molar-refractivity contribution in [1.29, 1.82) is 0 Å². The Hall–Kier alpha value is -0.790. The maximum atomic E-state index is 11.1. The second-order valence-corrected chi connectivity index (χ2v) is 5.33. The highest BCUT2D eigenvalue weighted by atomic mass is 32.2. The average molecular weight is 387 g/mol. The summed E-state index contributed by atoms with van der Waals surface area (Å²) >= 11 is 1.63.